The molecule has 3 heterocycles. The molecule has 0 spiro atoms. The zero-order chi connectivity index (χ0) is 13.6. The van der Waals surface area contributed by atoms with Crippen LogP contribution in [0.4, 0.5) is 0 Å². The molecule has 0 unspecified atom stereocenters. The van der Waals surface area contributed by atoms with Gasteiger partial charge in [-0.15, -0.1) is 11.3 Å². The summed E-state index contributed by atoms with van der Waals surface area (Å²) in [5.74, 6) is 0.445. The predicted molar refractivity (Wildman–Crippen MR) is 75.4 cm³/mol. The number of hydrogen-bond acceptors (Lipinski definition) is 5. The zero-order valence-electron chi connectivity index (χ0n) is 10.5. The van der Waals surface area contributed by atoms with Gasteiger partial charge in [-0.2, -0.15) is 0 Å². The molecule has 7 heteroatoms. The van der Waals surface area contributed by atoms with Crippen LogP contribution in [0.5, 0.6) is 0 Å². The summed E-state index contributed by atoms with van der Waals surface area (Å²) in [5, 5.41) is 2.58. The van der Waals surface area contributed by atoms with Crippen LogP contribution in [-0.2, 0) is 16.4 Å². The number of aromatic nitrogens is 2. The Labute approximate surface area is 114 Å². The molecule has 1 atom stereocenters. The van der Waals surface area contributed by atoms with Gasteiger partial charge in [-0.05, 0) is 30.2 Å². The maximum Gasteiger partial charge on any atom is 0.262 e. The van der Waals surface area contributed by atoms with E-state index in [0.29, 0.717) is 18.4 Å². The van der Waals surface area contributed by atoms with Crippen molar-refractivity contribution in [3.05, 3.63) is 27.6 Å². The van der Waals surface area contributed by atoms with Crippen molar-refractivity contribution in [3.8, 4) is 0 Å². The maximum atomic E-state index is 12.3. The smallest absolute Gasteiger partial charge is 0.262 e. The topological polar surface area (TPSA) is 69.0 Å². The summed E-state index contributed by atoms with van der Waals surface area (Å²) in [5.41, 5.74) is 0.874. The number of nitrogens with zero attached hydrogens (tertiary/aromatic N) is 2. The van der Waals surface area contributed by atoms with Crippen LogP contribution >= 0.6 is 11.3 Å². The third kappa shape index (κ3) is 2.32. The lowest BCUT2D eigenvalue weighted by atomic mass is 10.1. The van der Waals surface area contributed by atoms with Crippen molar-refractivity contribution >= 4 is 31.4 Å². The van der Waals surface area contributed by atoms with Crippen molar-refractivity contribution in [3.63, 3.8) is 0 Å². The fourth-order valence-electron chi connectivity index (χ4n) is 2.53. The minimum Gasteiger partial charge on any atom is -0.298 e. The van der Waals surface area contributed by atoms with Crippen LogP contribution in [-0.4, -0.2) is 29.5 Å². The molecule has 0 amide bonds. The molecule has 0 aliphatic carbocycles. The van der Waals surface area contributed by atoms with Gasteiger partial charge < -0.3 is 0 Å². The highest BCUT2D eigenvalue weighted by molar-refractivity contribution is 7.91. The maximum absolute atomic E-state index is 12.3. The van der Waals surface area contributed by atoms with Crippen LogP contribution < -0.4 is 5.56 Å². The molecular weight excluding hydrogens is 284 g/mol. The van der Waals surface area contributed by atoms with Gasteiger partial charge in [-0.25, -0.2) is 13.4 Å². The molecule has 102 valence electrons. The highest BCUT2D eigenvalue weighted by Gasteiger charge is 2.28. The molecule has 0 N–H and O–H groups in total. The van der Waals surface area contributed by atoms with E-state index in [0.717, 1.165) is 10.4 Å². The van der Waals surface area contributed by atoms with Crippen LogP contribution in [0, 0.1) is 12.8 Å². The summed E-state index contributed by atoms with van der Waals surface area (Å²) in [6.07, 6.45) is 2.17. The van der Waals surface area contributed by atoms with Crippen LogP contribution in [0.15, 0.2) is 16.5 Å². The Balaban J connectivity index is 1.96. The normalized spacial score (nSPS) is 22.1. The number of aryl methyl sites for hydroxylation is 1. The summed E-state index contributed by atoms with van der Waals surface area (Å²) < 4.78 is 24.4. The van der Waals surface area contributed by atoms with E-state index < -0.39 is 9.84 Å². The van der Waals surface area contributed by atoms with Crippen molar-refractivity contribution in [1.29, 1.82) is 0 Å². The van der Waals surface area contributed by atoms with Crippen LogP contribution in [0.3, 0.4) is 0 Å². The average Bonchev–Trinajstić information content (AvgIpc) is 2.87. The van der Waals surface area contributed by atoms with Crippen molar-refractivity contribution in [1.82, 2.24) is 9.55 Å². The van der Waals surface area contributed by atoms with Gasteiger partial charge in [-0.3, -0.25) is 9.36 Å². The Kier molecular flexibility index (Phi) is 2.98. The van der Waals surface area contributed by atoms with E-state index >= 15 is 0 Å². The molecular formula is C12H14N2O3S2. The first kappa shape index (κ1) is 12.8. The molecule has 19 heavy (non-hydrogen) atoms. The van der Waals surface area contributed by atoms with E-state index in [-0.39, 0.29) is 23.0 Å². The van der Waals surface area contributed by atoms with Gasteiger partial charge >= 0.3 is 0 Å². The Bertz CT molecular complexity index is 789. The first-order valence-corrected chi connectivity index (χ1v) is 8.80. The standard InChI is InChI=1S/C12H14N2O3S2/c1-8-5-18-11-10(8)12(15)14(7-13-11)4-9-2-3-19(16,17)6-9/h5,7,9H,2-4,6H2,1H3/t9-/m1/s1. The summed E-state index contributed by atoms with van der Waals surface area (Å²) in [7, 11) is -2.90. The summed E-state index contributed by atoms with van der Waals surface area (Å²) in [4.78, 5) is 17.4. The van der Waals surface area contributed by atoms with E-state index in [1.54, 1.807) is 4.57 Å². The number of thiophene rings is 1. The molecule has 1 fully saturated rings. The number of sulfone groups is 1. The monoisotopic (exact) mass is 298 g/mol. The molecule has 2 aromatic rings. The Hall–Kier alpha value is -1.21. The Morgan fingerprint density at radius 1 is 1.53 bits per heavy atom. The van der Waals surface area contributed by atoms with Crippen molar-refractivity contribution in [2.75, 3.05) is 11.5 Å². The van der Waals surface area contributed by atoms with Gasteiger partial charge in [0, 0.05) is 6.54 Å². The second-order valence-corrected chi connectivity index (χ2v) is 8.16. The first-order valence-electron chi connectivity index (χ1n) is 6.10. The fourth-order valence-corrected chi connectivity index (χ4v) is 5.26. The zero-order valence-corrected chi connectivity index (χ0v) is 12.1. The molecule has 0 saturated carbocycles. The number of rotatable bonds is 2. The lowest BCUT2D eigenvalue weighted by Crippen LogP contribution is -2.25. The van der Waals surface area contributed by atoms with E-state index in [1.165, 1.54) is 17.7 Å². The number of fused-ring (bicyclic) bond motifs is 1. The predicted octanol–water partition coefficient (Wildman–Crippen LogP) is 1.20. The minimum absolute atomic E-state index is 0.0286. The second kappa shape index (κ2) is 4.42. The molecule has 1 aliphatic heterocycles. The van der Waals surface area contributed by atoms with Gasteiger partial charge in [0.15, 0.2) is 9.84 Å². The molecule has 0 aromatic carbocycles. The van der Waals surface area contributed by atoms with E-state index in [2.05, 4.69) is 4.98 Å². The van der Waals surface area contributed by atoms with Crippen LogP contribution in [0.25, 0.3) is 10.2 Å². The van der Waals surface area contributed by atoms with E-state index in [4.69, 9.17) is 0 Å². The summed E-state index contributed by atoms with van der Waals surface area (Å²) in [6.45, 7) is 2.34. The minimum atomic E-state index is -2.90. The molecule has 2 aromatic heterocycles. The van der Waals surface area contributed by atoms with Gasteiger partial charge in [0.1, 0.15) is 4.83 Å². The second-order valence-electron chi connectivity index (χ2n) is 5.07. The lowest BCUT2D eigenvalue weighted by molar-refractivity contribution is 0.479. The average molecular weight is 298 g/mol. The molecule has 3 rings (SSSR count). The van der Waals surface area contributed by atoms with Crippen molar-refractivity contribution < 1.29 is 8.42 Å². The molecule has 5 nitrogen and oxygen atoms in total. The van der Waals surface area contributed by atoms with Crippen LogP contribution in [0.2, 0.25) is 0 Å². The van der Waals surface area contributed by atoms with Gasteiger partial charge in [0.2, 0.25) is 0 Å². The fraction of sp³-hybridized carbons (Fsp3) is 0.500. The van der Waals surface area contributed by atoms with Gasteiger partial charge in [-0.1, -0.05) is 0 Å². The quantitative estimate of drug-likeness (QED) is 0.835. The summed E-state index contributed by atoms with van der Waals surface area (Å²) >= 11 is 1.46. The molecule has 1 saturated heterocycles. The highest BCUT2D eigenvalue weighted by Crippen LogP contribution is 2.22. The third-order valence-corrected chi connectivity index (χ3v) is 6.37. The summed E-state index contributed by atoms with van der Waals surface area (Å²) in [6, 6.07) is 0. The highest BCUT2D eigenvalue weighted by atomic mass is 32.2. The van der Waals surface area contributed by atoms with E-state index in [1.807, 2.05) is 12.3 Å². The molecule has 0 radical (unpaired) electrons. The number of hydrogen-bond donors (Lipinski definition) is 0. The van der Waals surface area contributed by atoms with Gasteiger partial charge in [0.25, 0.3) is 5.56 Å². The van der Waals surface area contributed by atoms with E-state index in [9.17, 15) is 13.2 Å². The van der Waals surface area contributed by atoms with Crippen molar-refractivity contribution in [2.24, 2.45) is 5.92 Å². The Morgan fingerprint density at radius 2 is 2.32 bits per heavy atom. The van der Waals surface area contributed by atoms with Gasteiger partial charge in [0.05, 0.1) is 23.2 Å². The lowest BCUT2D eigenvalue weighted by Gasteiger charge is -2.10. The van der Waals surface area contributed by atoms with Crippen molar-refractivity contribution in [2.45, 2.75) is 19.9 Å². The largest absolute Gasteiger partial charge is 0.298 e. The first-order chi connectivity index (χ1) is 8.96. The SMILES string of the molecule is Cc1csc2ncn(C[C@H]3CCS(=O)(=O)C3)c(=O)c12. The Morgan fingerprint density at radius 3 is 3.00 bits per heavy atom. The third-order valence-electron chi connectivity index (χ3n) is 3.53. The van der Waals surface area contributed by atoms with Crippen LogP contribution in [0.1, 0.15) is 12.0 Å². The molecule has 0 bridgehead atoms. The molecule has 1 aliphatic rings.